The maximum absolute atomic E-state index is 5.69. The van der Waals surface area contributed by atoms with Gasteiger partial charge in [-0.1, -0.05) is 12.1 Å². The van der Waals surface area contributed by atoms with Crippen LogP contribution in [0.25, 0.3) is 0 Å². The summed E-state index contributed by atoms with van der Waals surface area (Å²) >= 11 is 0. The third kappa shape index (κ3) is 4.53. The third-order valence-electron chi connectivity index (χ3n) is 4.71. The van der Waals surface area contributed by atoms with E-state index in [0.717, 1.165) is 55.1 Å². The van der Waals surface area contributed by atoms with Gasteiger partial charge in [-0.25, -0.2) is 15.0 Å². The minimum absolute atomic E-state index is 0.570. The fraction of sp³-hybridized carbons (Fsp3) is 0.333. The summed E-state index contributed by atoms with van der Waals surface area (Å²) in [5, 5.41) is 3.31. The van der Waals surface area contributed by atoms with E-state index in [9.17, 15) is 0 Å². The van der Waals surface area contributed by atoms with Gasteiger partial charge in [-0.2, -0.15) is 4.98 Å². The van der Waals surface area contributed by atoms with Gasteiger partial charge in [-0.3, -0.25) is 0 Å². The molecule has 1 saturated heterocycles. The number of aryl methyl sites for hydroxylation is 1. The zero-order valence-corrected chi connectivity index (χ0v) is 16.7. The van der Waals surface area contributed by atoms with Crippen LogP contribution < -0.4 is 19.9 Å². The molecule has 8 nitrogen and oxygen atoms in total. The molecule has 0 amide bonds. The van der Waals surface area contributed by atoms with E-state index < -0.39 is 0 Å². The molecule has 150 valence electrons. The van der Waals surface area contributed by atoms with Crippen molar-refractivity contribution in [3.63, 3.8) is 0 Å². The van der Waals surface area contributed by atoms with Crippen molar-refractivity contribution >= 4 is 23.4 Å². The van der Waals surface area contributed by atoms with E-state index in [0.29, 0.717) is 12.6 Å². The molecule has 8 heteroatoms. The molecule has 1 aliphatic heterocycles. The summed E-state index contributed by atoms with van der Waals surface area (Å²) in [4.78, 5) is 22.5. The number of para-hydroxylation sites is 2. The monoisotopic (exact) mass is 391 g/mol. The Labute approximate surface area is 170 Å². The summed E-state index contributed by atoms with van der Waals surface area (Å²) < 4.78 is 5.69. The standard InChI is InChI=1S/C21H25N7O/c1-3-29-18-8-5-4-7-17(18)25-20-24-16(2)15-19(26-20)27-11-13-28(14-12-27)21-22-9-6-10-23-21/h4-10,15H,3,11-14H2,1-2H3,(H,24,25,26). The first-order valence-electron chi connectivity index (χ1n) is 9.84. The quantitative estimate of drug-likeness (QED) is 0.687. The van der Waals surface area contributed by atoms with Gasteiger partial charge >= 0.3 is 0 Å². The van der Waals surface area contributed by atoms with E-state index in [1.54, 1.807) is 12.4 Å². The second kappa shape index (κ2) is 8.72. The second-order valence-electron chi connectivity index (χ2n) is 6.77. The van der Waals surface area contributed by atoms with Gasteiger partial charge in [0.25, 0.3) is 0 Å². The number of ether oxygens (including phenoxy) is 1. The molecule has 0 bridgehead atoms. The smallest absolute Gasteiger partial charge is 0.229 e. The minimum atomic E-state index is 0.570. The van der Waals surface area contributed by atoms with Crippen molar-refractivity contribution in [1.82, 2.24) is 19.9 Å². The first-order valence-corrected chi connectivity index (χ1v) is 9.84. The van der Waals surface area contributed by atoms with Gasteiger partial charge in [0.1, 0.15) is 11.6 Å². The number of nitrogens with zero attached hydrogens (tertiary/aromatic N) is 6. The molecular weight excluding hydrogens is 366 g/mol. The highest BCUT2D eigenvalue weighted by Gasteiger charge is 2.20. The zero-order chi connectivity index (χ0) is 20.1. The van der Waals surface area contributed by atoms with Crippen LogP contribution in [-0.4, -0.2) is 52.7 Å². The van der Waals surface area contributed by atoms with Gasteiger partial charge < -0.3 is 19.9 Å². The average Bonchev–Trinajstić information content (AvgIpc) is 2.76. The second-order valence-corrected chi connectivity index (χ2v) is 6.77. The van der Waals surface area contributed by atoms with Crippen LogP contribution in [0.4, 0.5) is 23.4 Å². The summed E-state index contributed by atoms with van der Waals surface area (Å²) in [5.41, 5.74) is 1.78. The number of benzene rings is 1. The molecule has 3 aromatic rings. The molecule has 0 saturated carbocycles. The molecule has 1 aromatic carbocycles. The first kappa shape index (κ1) is 18.9. The maximum Gasteiger partial charge on any atom is 0.229 e. The highest BCUT2D eigenvalue weighted by atomic mass is 16.5. The molecule has 0 atom stereocenters. The highest BCUT2D eigenvalue weighted by Crippen LogP contribution is 2.27. The van der Waals surface area contributed by atoms with Gasteiger partial charge in [0.05, 0.1) is 12.3 Å². The molecule has 29 heavy (non-hydrogen) atoms. The molecule has 4 rings (SSSR count). The lowest BCUT2D eigenvalue weighted by molar-refractivity contribution is 0.342. The number of anilines is 4. The Morgan fingerprint density at radius 3 is 2.45 bits per heavy atom. The van der Waals surface area contributed by atoms with Crippen LogP contribution in [-0.2, 0) is 0 Å². The van der Waals surface area contributed by atoms with Crippen molar-refractivity contribution in [3.8, 4) is 5.75 Å². The van der Waals surface area contributed by atoms with Crippen LogP contribution in [0.2, 0.25) is 0 Å². The van der Waals surface area contributed by atoms with E-state index in [2.05, 4.69) is 30.1 Å². The number of piperazine rings is 1. The molecule has 0 spiro atoms. The van der Waals surface area contributed by atoms with Crippen molar-refractivity contribution in [1.29, 1.82) is 0 Å². The fourth-order valence-electron chi connectivity index (χ4n) is 3.33. The molecular formula is C21H25N7O. The Balaban J connectivity index is 1.48. The molecule has 3 heterocycles. The topological polar surface area (TPSA) is 79.3 Å². The summed E-state index contributed by atoms with van der Waals surface area (Å²) in [6.07, 6.45) is 3.56. The Morgan fingerprint density at radius 1 is 0.966 bits per heavy atom. The SMILES string of the molecule is CCOc1ccccc1Nc1nc(C)cc(N2CCN(c3ncccn3)CC2)n1. The van der Waals surface area contributed by atoms with Crippen molar-refractivity contribution in [2.45, 2.75) is 13.8 Å². The highest BCUT2D eigenvalue weighted by molar-refractivity contribution is 5.63. The van der Waals surface area contributed by atoms with Gasteiger partial charge in [0.15, 0.2) is 0 Å². The molecule has 1 fully saturated rings. The van der Waals surface area contributed by atoms with Crippen molar-refractivity contribution < 1.29 is 4.74 Å². The normalized spacial score (nSPS) is 14.0. The predicted octanol–water partition coefficient (Wildman–Crippen LogP) is 3.04. The minimum Gasteiger partial charge on any atom is -0.492 e. The van der Waals surface area contributed by atoms with Crippen LogP contribution in [0.15, 0.2) is 48.8 Å². The Bertz CT molecular complexity index is 943. The van der Waals surface area contributed by atoms with Crippen LogP contribution in [0.1, 0.15) is 12.6 Å². The van der Waals surface area contributed by atoms with Gasteiger partial charge in [-0.15, -0.1) is 0 Å². The largest absolute Gasteiger partial charge is 0.492 e. The van der Waals surface area contributed by atoms with Gasteiger partial charge in [-0.05, 0) is 32.0 Å². The lowest BCUT2D eigenvalue weighted by atomic mass is 10.3. The molecule has 1 N–H and O–H groups in total. The zero-order valence-electron chi connectivity index (χ0n) is 16.7. The predicted molar refractivity (Wildman–Crippen MR) is 114 cm³/mol. The van der Waals surface area contributed by atoms with E-state index in [1.165, 1.54) is 0 Å². The summed E-state index contributed by atoms with van der Waals surface area (Å²) in [6, 6.07) is 11.7. The van der Waals surface area contributed by atoms with E-state index in [4.69, 9.17) is 9.72 Å². The number of rotatable bonds is 6. The summed E-state index contributed by atoms with van der Waals surface area (Å²) in [6.45, 7) is 7.96. The maximum atomic E-state index is 5.69. The molecule has 1 aliphatic rings. The van der Waals surface area contributed by atoms with Crippen LogP contribution >= 0.6 is 0 Å². The fourth-order valence-corrected chi connectivity index (χ4v) is 3.33. The van der Waals surface area contributed by atoms with E-state index in [1.807, 2.05) is 50.2 Å². The average molecular weight is 391 g/mol. The number of hydrogen-bond donors (Lipinski definition) is 1. The molecule has 0 aliphatic carbocycles. The van der Waals surface area contributed by atoms with Gasteiger partial charge in [0.2, 0.25) is 11.9 Å². The van der Waals surface area contributed by atoms with E-state index >= 15 is 0 Å². The van der Waals surface area contributed by atoms with Gasteiger partial charge in [0, 0.05) is 50.3 Å². The third-order valence-corrected chi connectivity index (χ3v) is 4.71. The van der Waals surface area contributed by atoms with Crippen molar-refractivity contribution in [2.75, 3.05) is 47.9 Å². The van der Waals surface area contributed by atoms with E-state index in [-0.39, 0.29) is 0 Å². The summed E-state index contributed by atoms with van der Waals surface area (Å²) in [5.74, 6) is 3.06. The first-order chi connectivity index (χ1) is 14.2. The van der Waals surface area contributed by atoms with Crippen LogP contribution in [0.5, 0.6) is 5.75 Å². The number of nitrogens with one attached hydrogen (secondary N) is 1. The number of hydrogen-bond acceptors (Lipinski definition) is 8. The molecule has 0 radical (unpaired) electrons. The van der Waals surface area contributed by atoms with Crippen LogP contribution in [0, 0.1) is 6.92 Å². The van der Waals surface area contributed by atoms with Crippen LogP contribution in [0.3, 0.4) is 0 Å². The van der Waals surface area contributed by atoms with Crippen molar-refractivity contribution in [2.24, 2.45) is 0 Å². The lowest BCUT2D eigenvalue weighted by Crippen LogP contribution is -2.47. The lowest BCUT2D eigenvalue weighted by Gasteiger charge is -2.35. The Kier molecular flexibility index (Phi) is 5.69. The Morgan fingerprint density at radius 2 is 1.69 bits per heavy atom. The van der Waals surface area contributed by atoms with Crippen molar-refractivity contribution in [3.05, 3.63) is 54.5 Å². The molecule has 2 aromatic heterocycles. The molecule has 0 unspecified atom stereocenters. The Hall–Kier alpha value is -3.42. The summed E-state index contributed by atoms with van der Waals surface area (Å²) in [7, 11) is 0. The number of aromatic nitrogens is 4.